The van der Waals surface area contributed by atoms with Crippen LogP contribution in [0.15, 0.2) is 23.9 Å². The van der Waals surface area contributed by atoms with Crippen LogP contribution in [0.1, 0.15) is 30.0 Å². The molecule has 1 N–H and O–H groups in total. The first kappa shape index (κ1) is 9.76. The Morgan fingerprint density at radius 3 is 2.94 bits per heavy atom. The van der Waals surface area contributed by atoms with Crippen LogP contribution in [0.2, 0.25) is 0 Å². The highest BCUT2D eigenvalue weighted by atomic mass is 15.3. The lowest BCUT2D eigenvalue weighted by molar-refractivity contribution is 0.325. The zero-order valence-corrected chi connectivity index (χ0v) is 10.2. The van der Waals surface area contributed by atoms with E-state index < -0.39 is 0 Å². The Labute approximate surface area is 97.0 Å². The van der Waals surface area contributed by atoms with E-state index in [1.165, 1.54) is 40.9 Å². The first-order valence-electron chi connectivity index (χ1n) is 5.99. The standard InChI is InChI=1S/C14H18N2/c1-9-4-6-12-11(8-9)5-7-13-14(12)15-10(2)16(13)3/h4,6,8,10,15H,5,7H2,1-3H3. The van der Waals surface area contributed by atoms with E-state index in [-0.39, 0.29) is 0 Å². The van der Waals surface area contributed by atoms with Crippen LogP contribution in [-0.4, -0.2) is 18.1 Å². The predicted molar refractivity (Wildman–Crippen MR) is 66.8 cm³/mol. The smallest absolute Gasteiger partial charge is 0.0956 e. The van der Waals surface area contributed by atoms with Gasteiger partial charge in [-0.1, -0.05) is 23.8 Å². The molecule has 3 rings (SSSR count). The number of allylic oxidation sites excluding steroid dienone is 1. The van der Waals surface area contributed by atoms with Gasteiger partial charge in [-0.3, -0.25) is 0 Å². The lowest BCUT2D eigenvalue weighted by Crippen LogP contribution is -2.30. The fraction of sp³-hybridized carbons (Fsp3) is 0.429. The van der Waals surface area contributed by atoms with Crippen molar-refractivity contribution in [2.24, 2.45) is 0 Å². The van der Waals surface area contributed by atoms with Crippen molar-refractivity contribution in [2.45, 2.75) is 32.9 Å². The van der Waals surface area contributed by atoms with Gasteiger partial charge in [0.05, 0.1) is 11.9 Å². The topological polar surface area (TPSA) is 15.3 Å². The van der Waals surface area contributed by atoms with Crippen LogP contribution in [0.25, 0.3) is 5.70 Å². The molecule has 2 aliphatic rings. The predicted octanol–water partition coefficient (Wildman–Crippen LogP) is 2.49. The maximum Gasteiger partial charge on any atom is 0.0956 e. The van der Waals surface area contributed by atoms with Crippen LogP contribution < -0.4 is 5.32 Å². The van der Waals surface area contributed by atoms with E-state index in [2.05, 4.69) is 49.3 Å². The van der Waals surface area contributed by atoms with Crippen molar-refractivity contribution in [3.63, 3.8) is 0 Å². The number of nitrogens with zero attached hydrogens (tertiary/aromatic N) is 1. The average molecular weight is 214 g/mol. The molecule has 1 aromatic carbocycles. The van der Waals surface area contributed by atoms with Gasteiger partial charge >= 0.3 is 0 Å². The van der Waals surface area contributed by atoms with Crippen molar-refractivity contribution in [3.8, 4) is 0 Å². The van der Waals surface area contributed by atoms with Crippen molar-refractivity contribution in [3.05, 3.63) is 40.6 Å². The molecule has 1 aromatic rings. The Balaban J connectivity index is 2.12. The molecule has 1 heterocycles. The number of benzene rings is 1. The zero-order valence-electron chi connectivity index (χ0n) is 10.2. The summed E-state index contributed by atoms with van der Waals surface area (Å²) in [6, 6.07) is 6.79. The fourth-order valence-corrected chi connectivity index (χ4v) is 2.76. The number of nitrogens with one attached hydrogen (secondary N) is 1. The molecule has 16 heavy (non-hydrogen) atoms. The highest BCUT2D eigenvalue weighted by Crippen LogP contribution is 2.35. The summed E-state index contributed by atoms with van der Waals surface area (Å²) in [6.07, 6.45) is 2.77. The SMILES string of the molecule is Cc1ccc2c(c1)CCC1=C2NC(C)N1C. The molecule has 1 atom stereocenters. The molecule has 1 aliphatic carbocycles. The van der Waals surface area contributed by atoms with Gasteiger partial charge in [0, 0.05) is 18.3 Å². The third-order valence-electron chi connectivity index (χ3n) is 3.81. The second kappa shape index (κ2) is 3.27. The number of rotatable bonds is 0. The van der Waals surface area contributed by atoms with Crippen molar-refractivity contribution < 1.29 is 0 Å². The van der Waals surface area contributed by atoms with E-state index in [4.69, 9.17) is 0 Å². The Kier molecular flexibility index (Phi) is 2.00. The number of hydrogen-bond acceptors (Lipinski definition) is 2. The van der Waals surface area contributed by atoms with E-state index >= 15 is 0 Å². The minimum atomic E-state index is 0.428. The summed E-state index contributed by atoms with van der Waals surface area (Å²) in [5.74, 6) is 0. The largest absolute Gasteiger partial charge is 0.364 e. The zero-order chi connectivity index (χ0) is 11.3. The van der Waals surface area contributed by atoms with Crippen LogP contribution in [0.5, 0.6) is 0 Å². The second-order valence-electron chi connectivity index (χ2n) is 4.91. The molecule has 0 radical (unpaired) electrons. The van der Waals surface area contributed by atoms with E-state index in [0.717, 1.165) is 0 Å². The van der Waals surface area contributed by atoms with Crippen molar-refractivity contribution >= 4 is 5.70 Å². The maximum atomic E-state index is 3.59. The summed E-state index contributed by atoms with van der Waals surface area (Å²) < 4.78 is 0. The number of hydrogen-bond donors (Lipinski definition) is 1. The Morgan fingerprint density at radius 1 is 1.31 bits per heavy atom. The van der Waals surface area contributed by atoms with Crippen LogP contribution >= 0.6 is 0 Å². The molecule has 2 heteroatoms. The third kappa shape index (κ3) is 1.26. The lowest BCUT2D eigenvalue weighted by Gasteiger charge is -2.22. The highest BCUT2D eigenvalue weighted by molar-refractivity contribution is 5.73. The molecule has 0 spiro atoms. The van der Waals surface area contributed by atoms with Crippen LogP contribution in [0, 0.1) is 6.92 Å². The highest BCUT2D eigenvalue weighted by Gasteiger charge is 2.29. The normalized spacial score (nSPS) is 22.9. The molecule has 1 aliphatic heterocycles. The maximum absolute atomic E-state index is 3.59. The minimum absolute atomic E-state index is 0.428. The molecule has 0 aromatic heterocycles. The molecule has 0 amide bonds. The summed E-state index contributed by atoms with van der Waals surface area (Å²) in [5.41, 5.74) is 7.10. The number of fused-ring (bicyclic) bond motifs is 2. The Bertz CT molecular complexity index is 474. The third-order valence-corrected chi connectivity index (χ3v) is 3.81. The van der Waals surface area contributed by atoms with E-state index in [1.807, 2.05) is 0 Å². The van der Waals surface area contributed by atoms with Gasteiger partial charge in [-0.15, -0.1) is 0 Å². The Hall–Kier alpha value is -1.44. The lowest BCUT2D eigenvalue weighted by atomic mass is 9.91. The van der Waals surface area contributed by atoms with Gasteiger partial charge in [0.1, 0.15) is 0 Å². The van der Waals surface area contributed by atoms with Crippen molar-refractivity contribution in [2.75, 3.05) is 7.05 Å². The molecule has 2 nitrogen and oxygen atoms in total. The summed E-state index contributed by atoms with van der Waals surface area (Å²) in [7, 11) is 2.18. The van der Waals surface area contributed by atoms with Crippen LogP contribution in [0.3, 0.4) is 0 Å². The van der Waals surface area contributed by atoms with Crippen molar-refractivity contribution in [1.82, 2.24) is 10.2 Å². The monoisotopic (exact) mass is 214 g/mol. The molecular weight excluding hydrogens is 196 g/mol. The van der Waals surface area contributed by atoms with E-state index in [1.54, 1.807) is 0 Å². The second-order valence-corrected chi connectivity index (χ2v) is 4.91. The molecular formula is C14H18N2. The van der Waals surface area contributed by atoms with Gasteiger partial charge in [-0.25, -0.2) is 0 Å². The quantitative estimate of drug-likeness (QED) is 0.714. The summed E-state index contributed by atoms with van der Waals surface area (Å²) in [4.78, 5) is 2.36. The first-order valence-corrected chi connectivity index (χ1v) is 5.99. The van der Waals surface area contributed by atoms with Crippen LogP contribution in [0.4, 0.5) is 0 Å². The summed E-state index contributed by atoms with van der Waals surface area (Å²) in [6.45, 7) is 4.38. The van der Waals surface area contributed by atoms with Gasteiger partial charge in [0.2, 0.25) is 0 Å². The van der Waals surface area contributed by atoms with E-state index in [9.17, 15) is 0 Å². The number of aryl methyl sites for hydroxylation is 2. The molecule has 84 valence electrons. The fourth-order valence-electron chi connectivity index (χ4n) is 2.76. The van der Waals surface area contributed by atoms with Crippen molar-refractivity contribution in [1.29, 1.82) is 0 Å². The van der Waals surface area contributed by atoms with Gasteiger partial charge < -0.3 is 10.2 Å². The summed E-state index contributed by atoms with van der Waals surface area (Å²) in [5, 5.41) is 3.59. The van der Waals surface area contributed by atoms with Gasteiger partial charge in [0.25, 0.3) is 0 Å². The molecule has 0 saturated carbocycles. The van der Waals surface area contributed by atoms with Gasteiger partial charge in [0.15, 0.2) is 0 Å². The molecule has 0 saturated heterocycles. The van der Waals surface area contributed by atoms with E-state index in [0.29, 0.717) is 6.17 Å². The minimum Gasteiger partial charge on any atom is -0.364 e. The first-order chi connectivity index (χ1) is 7.66. The molecule has 1 unspecified atom stereocenters. The Morgan fingerprint density at radius 2 is 2.12 bits per heavy atom. The average Bonchev–Trinajstić information content (AvgIpc) is 2.55. The van der Waals surface area contributed by atoms with Gasteiger partial charge in [-0.2, -0.15) is 0 Å². The molecule has 0 fully saturated rings. The molecule has 0 bridgehead atoms. The summed E-state index contributed by atoms with van der Waals surface area (Å²) >= 11 is 0. The van der Waals surface area contributed by atoms with Gasteiger partial charge in [-0.05, 0) is 32.3 Å². The van der Waals surface area contributed by atoms with Crippen LogP contribution in [-0.2, 0) is 6.42 Å².